The Morgan fingerprint density at radius 1 is 1.46 bits per heavy atom. The zero-order valence-electron chi connectivity index (χ0n) is 6.97. The predicted octanol–water partition coefficient (Wildman–Crippen LogP) is 2.27. The van der Waals surface area contributed by atoms with E-state index in [4.69, 9.17) is 12.2 Å². The number of hydrogen-bond acceptors (Lipinski definition) is 4. The van der Waals surface area contributed by atoms with Gasteiger partial charge in [-0.15, -0.1) is 0 Å². The largest absolute Gasteiger partial charge is 0.254 e. The Morgan fingerprint density at radius 2 is 2.31 bits per heavy atom. The van der Waals surface area contributed by atoms with E-state index < -0.39 is 0 Å². The van der Waals surface area contributed by atoms with Crippen molar-refractivity contribution in [3.63, 3.8) is 0 Å². The van der Waals surface area contributed by atoms with Crippen molar-refractivity contribution < 1.29 is 0 Å². The lowest BCUT2D eigenvalue weighted by atomic mass is 10.4. The Labute approximate surface area is 84.7 Å². The lowest BCUT2D eigenvalue weighted by molar-refractivity contribution is 0.761. The number of rotatable bonds is 1. The van der Waals surface area contributed by atoms with Gasteiger partial charge in [-0.3, -0.25) is 4.98 Å². The highest BCUT2D eigenvalue weighted by Gasteiger charge is 2.03. The van der Waals surface area contributed by atoms with Crippen molar-refractivity contribution in [3.8, 4) is 10.7 Å². The Balaban J connectivity index is 2.54. The summed E-state index contributed by atoms with van der Waals surface area (Å²) in [6.45, 7) is 0. The molecule has 2 heterocycles. The second-order valence-corrected chi connectivity index (χ2v) is 4.13. The van der Waals surface area contributed by atoms with E-state index in [0.717, 1.165) is 14.7 Å². The van der Waals surface area contributed by atoms with E-state index in [1.165, 1.54) is 11.3 Å². The fourth-order valence-electron chi connectivity index (χ4n) is 0.939. The molecule has 13 heavy (non-hydrogen) atoms. The Hall–Kier alpha value is -1.07. The van der Waals surface area contributed by atoms with Crippen molar-refractivity contribution in [2.75, 3.05) is 0 Å². The monoisotopic (exact) mass is 209 g/mol. The molecule has 0 saturated carbocycles. The van der Waals surface area contributed by atoms with Gasteiger partial charge in [0, 0.05) is 13.2 Å². The molecule has 0 radical (unpaired) electrons. The van der Waals surface area contributed by atoms with E-state index in [1.54, 1.807) is 10.9 Å². The fourth-order valence-corrected chi connectivity index (χ4v) is 1.94. The van der Waals surface area contributed by atoms with E-state index in [-0.39, 0.29) is 0 Å². The van der Waals surface area contributed by atoms with E-state index >= 15 is 0 Å². The molecule has 0 aliphatic rings. The molecule has 0 unspecified atom stereocenters. The van der Waals surface area contributed by atoms with Crippen LogP contribution in [0.4, 0.5) is 0 Å². The van der Waals surface area contributed by atoms with Crippen LogP contribution in [-0.4, -0.2) is 14.8 Å². The van der Waals surface area contributed by atoms with E-state index in [9.17, 15) is 0 Å². The molecule has 0 saturated heterocycles. The standard InChI is InChI=1S/C8H7N3S2/c1-11-8(12)13-7(10-11)6-4-2-3-5-9-6/h2-5H,1H3. The number of aromatic nitrogens is 3. The summed E-state index contributed by atoms with van der Waals surface area (Å²) in [6, 6.07) is 5.74. The van der Waals surface area contributed by atoms with Crippen LogP contribution in [0.3, 0.4) is 0 Å². The summed E-state index contributed by atoms with van der Waals surface area (Å²) in [7, 11) is 1.84. The third-order valence-electron chi connectivity index (χ3n) is 1.57. The quantitative estimate of drug-likeness (QED) is 0.675. The average molecular weight is 209 g/mol. The molecule has 3 nitrogen and oxygen atoms in total. The minimum atomic E-state index is 0.764. The van der Waals surface area contributed by atoms with Gasteiger partial charge in [0.15, 0.2) is 8.96 Å². The van der Waals surface area contributed by atoms with Gasteiger partial charge in [-0.05, 0) is 24.4 Å². The number of aryl methyl sites for hydroxylation is 1. The second-order valence-electron chi connectivity index (χ2n) is 2.51. The average Bonchev–Trinajstić information content (AvgIpc) is 2.49. The van der Waals surface area contributed by atoms with Gasteiger partial charge in [0.2, 0.25) is 0 Å². The minimum Gasteiger partial charge on any atom is -0.254 e. The molecular formula is C8H7N3S2. The third-order valence-corrected chi connectivity index (χ3v) is 3.01. The molecule has 0 bridgehead atoms. The molecule has 0 fully saturated rings. The molecular weight excluding hydrogens is 202 g/mol. The Kier molecular flexibility index (Phi) is 2.20. The molecule has 5 heteroatoms. The first-order chi connectivity index (χ1) is 6.27. The zero-order valence-corrected chi connectivity index (χ0v) is 8.60. The summed E-state index contributed by atoms with van der Waals surface area (Å²) >= 11 is 6.54. The Bertz CT molecular complexity index is 458. The molecule has 0 aromatic carbocycles. The molecule has 66 valence electrons. The lowest BCUT2D eigenvalue weighted by Crippen LogP contribution is -1.90. The molecule has 0 spiro atoms. The van der Waals surface area contributed by atoms with Crippen molar-refractivity contribution in [2.45, 2.75) is 0 Å². The van der Waals surface area contributed by atoms with Crippen LogP contribution in [0.1, 0.15) is 0 Å². The first-order valence-electron chi connectivity index (χ1n) is 3.73. The smallest absolute Gasteiger partial charge is 0.179 e. The van der Waals surface area contributed by atoms with Crippen LogP contribution in [0.15, 0.2) is 24.4 Å². The zero-order chi connectivity index (χ0) is 9.26. The van der Waals surface area contributed by atoms with Gasteiger partial charge in [0.25, 0.3) is 0 Å². The lowest BCUT2D eigenvalue weighted by Gasteiger charge is -1.91. The predicted molar refractivity (Wildman–Crippen MR) is 55.2 cm³/mol. The van der Waals surface area contributed by atoms with Crippen LogP contribution in [0.5, 0.6) is 0 Å². The van der Waals surface area contributed by atoms with Gasteiger partial charge in [-0.25, -0.2) is 4.68 Å². The summed E-state index contributed by atoms with van der Waals surface area (Å²) in [4.78, 5) is 4.19. The fraction of sp³-hybridized carbons (Fsp3) is 0.125. The summed E-state index contributed by atoms with van der Waals surface area (Å²) in [5.41, 5.74) is 0.874. The highest BCUT2D eigenvalue weighted by molar-refractivity contribution is 7.73. The van der Waals surface area contributed by atoms with Crippen LogP contribution in [0.2, 0.25) is 0 Å². The third kappa shape index (κ3) is 1.66. The molecule has 2 rings (SSSR count). The molecule has 2 aromatic rings. The van der Waals surface area contributed by atoms with Crippen LogP contribution in [-0.2, 0) is 7.05 Å². The van der Waals surface area contributed by atoms with Crippen LogP contribution < -0.4 is 0 Å². The topological polar surface area (TPSA) is 30.7 Å². The molecule has 0 atom stereocenters. The maximum atomic E-state index is 5.07. The highest BCUT2D eigenvalue weighted by Crippen LogP contribution is 2.19. The summed E-state index contributed by atoms with van der Waals surface area (Å²) < 4.78 is 2.45. The van der Waals surface area contributed by atoms with Gasteiger partial charge in [-0.1, -0.05) is 17.4 Å². The summed E-state index contributed by atoms with van der Waals surface area (Å²) in [6.07, 6.45) is 1.75. The van der Waals surface area contributed by atoms with Gasteiger partial charge < -0.3 is 0 Å². The van der Waals surface area contributed by atoms with Gasteiger partial charge in [0.05, 0.1) is 0 Å². The second kappa shape index (κ2) is 3.35. The first-order valence-corrected chi connectivity index (χ1v) is 4.95. The summed E-state index contributed by atoms with van der Waals surface area (Å²) in [5.74, 6) is 0. The van der Waals surface area contributed by atoms with Crippen molar-refractivity contribution in [2.24, 2.45) is 7.05 Å². The Morgan fingerprint density at radius 3 is 2.85 bits per heavy atom. The summed E-state index contributed by atoms with van der Waals surface area (Å²) in [5, 5.41) is 5.12. The van der Waals surface area contributed by atoms with Crippen LogP contribution in [0, 0.1) is 3.95 Å². The molecule has 0 amide bonds. The molecule has 0 N–H and O–H groups in total. The van der Waals surface area contributed by atoms with Crippen molar-refractivity contribution in [1.82, 2.24) is 14.8 Å². The number of hydrogen-bond donors (Lipinski definition) is 0. The van der Waals surface area contributed by atoms with E-state index in [1.807, 2.05) is 25.2 Å². The van der Waals surface area contributed by atoms with E-state index in [0.29, 0.717) is 0 Å². The van der Waals surface area contributed by atoms with Gasteiger partial charge in [-0.2, -0.15) is 5.10 Å². The number of pyridine rings is 1. The van der Waals surface area contributed by atoms with Crippen molar-refractivity contribution in [1.29, 1.82) is 0 Å². The normalized spacial score (nSPS) is 10.2. The van der Waals surface area contributed by atoms with Gasteiger partial charge in [0.1, 0.15) is 5.69 Å². The van der Waals surface area contributed by atoms with Crippen LogP contribution >= 0.6 is 23.6 Å². The van der Waals surface area contributed by atoms with Crippen molar-refractivity contribution >= 4 is 23.6 Å². The van der Waals surface area contributed by atoms with Crippen molar-refractivity contribution in [3.05, 3.63) is 28.4 Å². The SMILES string of the molecule is Cn1nc(-c2ccccn2)sc1=S. The van der Waals surface area contributed by atoms with Gasteiger partial charge >= 0.3 is 0 Å². The minimum absolute atomic E-state index is 0.764. The van der Waals surface area contributed by atoms with Crippen LogP contribution in [0.25, 0.3) is 10.7 Å². The molecule has 0 aliphatic carbocycles. The highest BCUT2D eigenvalue weighted by atomic mass is 32.1. The number of nitrogens with zero attached hydrogens (tertiary/aromatic N) is 3. The maximum absolute atomic E-state index is 5.07. The first kappa shape index (κ1) is 8.52. The molecule has 2 aromatic heterocycles. The maximum Gasteiger partial charge on any atom is 0.179 e. The molecule has 0 aliphatic heterocycles. The van der Waals surface area contributed by atoms with E-state index in [2.05, 4.69) is 10.1 Å².